The average Bonchev–Trinajstić information content (AvgIpc) is 1.97. The number of hydrogen-bond acceptors (Lipinski definition) is 1. The number of carbonyl (C=O) groups is 1. The number of rotatable bonds is 2. The second kappa shape index (κ2) is 3.23. The lowest BCUT2D eigenvalue weighted by Crippen LogP contribution is -2.48. The third kappa shape index (κ3) is 1.91. The first-order chi connectivity index (χ1) is 6.82. The summed E-state index contributed by atoms with van der Waals surface area (Å²) >= 11 is 0. The summed E-state index contributed by atoms with van der Waals surface area (Å²) in [6, 6.07) is 0. The van der Waals surface area contributed by atoms with Crippen LogP contribution in [0.1, 0.15) is 52.9 Å². The first kappa shape index (κ1) is 11.0. The van der Waals surface area contributed by atoms with Crippen molar-refractivity contribution >= 4 is 5.97 Å². The number of fused-ring (bicyclic) bond motifs is 3. The molecule has 15 heavy (non-hydrogen) atoms. The number of aliphatic carboxylic acids is 1. The fourth-order valence-corrected chi connectivity index (χ4v) is 4.48. The molecule has 3 aliphatic carbocycles. The fraction of sp³-hybridized carbons (Fsp3) is 0.923. The zero-order valence-electron chi connectivity index (χ0n) is 10.0. The third-order valence-electron chi connectivity index (χ3n) is 4.71. The molecule has 2 bridgehead atoms. The van der Waals surface area contributed by atoms with Crippen molar-refractivity contribution in [2.45, 2.75) is 52.9 Å². The van der Waals surface area contributed by atoms with Crippen LogP contribution in [0.4, 0.5) is 0 Å². The quantitative estimate of drug-likeness (QED) is 0.759. The zero-order valence-corrected chi connectivity index (χ0v) is 10.0. The van der Waals surface area contributed by atoms with Gasteiger partial charge in [-0.15, -0.1) is 0 Å². The molecule has 0 heterocycles. The lowest BCUT2D eigenvalue weighted by molar-refractivity contribution is -0.143. The van der Waals surface area contributed by atoms with Crippen molar-refractivity contribution in [3.05, 3.63) is 0 Å². The van der Waals surface area contributed by atoms with Crippen LogP contribution in [0.5, 0.6) is 0 Å². The van der Waals surface area contributed by atoms with Crippen molar-refractivity contribution in [2.75, 3.05) is 0 Å². The summed E-state index contributed by atoms with van der Waals surface area (Å²) in [5.74, 6) is 0.437. The SMILES string of the molecule is CC12CCC(C(CC(=O)O)C1)C(C)(C)C2. The van der Waals surface area contributed by atoms with Crippen molar-refractivity contribution in [3.8, 4) is 0 Å². The van der Waals surface area contributed by atoms with Crippen molar-refractivity contribution in [1.29, 1.82) is 0 Å². The predicted octanol–water partition coefficient (Wildman–Crippen LogP) is 3.31. The van der Waals surface area contributed by atoms with Gasteiger partial charge in [-0.1, -0.05) is 20.8 Å². The highest BCUT2D eigenvalue weighted by Crippen LogP contribution is 2.61. The molecule has 0 saturated heterocycles. The number of carboxylic acids is 1. The Hall–Kier alpha value is -0.530. The molecule has 3 aliphatic rings. The van der Waals surface area contributed by atoms with Crippen molar-refractivity contribution in [1.82, 2.24) is 0 Å². The van der Waals surface area contributed by atoms with Crippen LogP contribution in [0, 0.1) is 22.7 Å². The van der Waals surface area contributed by atoms with Gasteiger partial charge in [0.05, 0.1) is 0 Å². The van der Waals surface area contributed by atoms with Crippen LogP contribution in [0.25, 0.3) is 0 Å². The Morgan fingerprint density at radius 1 is 1.40 bits per heavy atom. The molecule has 3 fully saturated rings. The molecule has 0 aromatic carbocycles. The lowest BCUT2D eigenvalue weighted by Gasteiger charge is -2.57. The van der Waals surface area contributed by atoms with E-state index >= 15 is 0 Å². The van der Waals surface area contributed by atoms with E-state index in [1.54, 1.807) is 0 Å². The van der Waals surface area contributed by atoms with Crippen LogP contribution < -0.4 is 0 Å². The maximum atomic E-state index is 10.9. The molecule has 0 aliphatic heterocycles. The van der Waals surface area contributed by atoms with Gasteiger partial charge < -0.3 is 5.11 Å². The van der Waals surface area contributed by atoms with Gasteiger partial charge in [-0.3, -0.25) is 4.79 Å². The van der Waals surface area contributed by atoms with Gasteiger partial charge in [0.1, 0.15) is 0 Å². The van der Waals surface area contributed by atoms with E-state index in [0.717, 1.165) is 6.42 Å². The lowest BCUT2D eigenvalue weighted by atomic mass is 9.47. The molecule has 3 atom stereocenters. The summed E-state index contributed by atoms with van der Waals surface area (Å²) in [5, 5.41) is 8.95. The standard InChI is InChI=1S/C13H22O2/c1-12(2)8-13(3)5-4-10(12)9(7-13)6-11(14)15/h9-10H,4-8H2,1-3H3,(H,14,15). The maximum absolute atomic E-state index is 10.9. The maximum Gasteiger partial charge on any atom is 0.303 e. The van der Waals surface area contributed by atoms with Crippen LogP contribution in [-0.2, 0) is 4.79 Å². The van der Waals surface area contributed by atoms with Gasteiger partial charge in [0.25, 0.3) is 0 Å². The van der Waals surface area contributed by atoms with Gasteiger partial charge in [0.2, 0.25) is 0 Å². The normalized spacial score (nSPS) is 42.9. The highest BCUT2D eigenvalue weighted by atomic mass is 16.4. The molecule has 2 nitrogen and oxygen atoms in total. The first-order valence-electron chi connectivity index (χ1n) is 6.04. The molecular weight excluding hydrogens is 188 g/mol. The van der Waals surface area contributed by atoms with Crippen LogP contribution in [0.3, 0.4) is 0 Å². The molecule has 3 unspecified atom stereocenters. The van der Waals surface area contributed by atoms with Crippen LogP contribution in [-0.4, -0.2) is 11.1 Å². The second-order valence-corrected chi connectivity index (χ2v) is 6.68. The van der Waals surface area contributed by atoms with E-state index in [2.05, 4.69) is 20.8 Å². The molecule has 0 aromatic rings. The van der Waals surface area contributed by atoms with Gasteiger partial charge in [0.15, 0.2) is 0 Å². The number of hydrogen-bond donors (Lipinski definition) is 1. The van der Waals surface area contributed by atoms with Crippen molar-refractivity contribution in [3.63, 3.8) is 0 Å². The molecule has 3 rings (SSSR count). The summed E-state index contributed by atoms with van der Waals surface area (Å²) in [5.41, 5.74) is 0.768. The molecule has 3 saturated carbocycles. The molecule has 1 N–H and O–H groups in total. The monoisotopic (exact) mass is 210 g/mol. The minimum absolute atomic E-state index is 0.353. The van der Waals surface area contributed by atoms with Crippen molar-refractivity contribution in [2.24, 2.45) is 22.7 Å². The number of carboxylic acid groups (broad SMARTS) is 1. The highest BCUT2D eigenvalue weighted by Gasteiger charge is 2.52. The Kier molecular flexibility index (Phi) is 2.36. The minimum atomic E-state index is -0.619. The molecule has 0 amide bonds. The van der Waals surface area contributed by atoms with E-state index < -0.39 is 5.97 Å². The van der Waals surface area contributed by atoms with Gasteiger partial charge in [-0.05, 0) is 48.3 Å². The van der Waals surface area contributed by atoms with Crippen molar-refractivity contribution < 1.29 is 9.90 Å². The second-order valence-electron chi connectivity index (χ2n) is 6.68. The average molecular weight is 210 g/mol. The zero-order chi connectivity index (χ0) is 11.3. The van der Waals surface area contributed by atoms with Crippen LogP contribution in [0.15, 0.2) is 0 Å². The molecule has 0 spiro atoms. The van der Waals surface area contributed by atoms with E-state index in [9.17, 15) is 4.79 Å². The van der Waals surface area contributed by atoms with Gasteiger partial charge in [-0.2, -0.15) is 0 Å². The summed E-state index contributed by atoms with van der Waals surface area (Å²) < 4.78 is 0. The smallest absolute Gasteiger partial charge is 0.303 e. The molecule has 0 radical (unpaired) electrons. The Morgan fingerprint density at radius 2 is 2.07 bits per heavy atom. The largest absolute Gasteiger partial charge is 0.481 e. The van der Waals surface area contributed by atoms with E-state index in [-0.39, 0.29) is 0 Å². The summed E-state index contributed by atoms with van der Waals surface area (Å²) in [7, 11) is 0. The Labute approximate surface area is 92.1 Å². The minimum Gasteiger partial charge on any atom is -0.481 e. The fourth-order valence-electron chi connectivity index (χ4n) is 4.48. The van der Waals surface area contributed by atoms with E-state index in [0.29, 0.717) is 29.1 Å². The van der Waals surface area contributed by atoms with E-state index in [1.165, 1.54) is 19.3 Å². The molecule has 86 valence electrons. The van der Waals surface area contributed by atoms with Gasteiger partial charge in [0, 0.05) is 6.42 Å². The van der Waals surface area contributed by atoms with Crippen LogP contribution >= 0.6 is 0 Å². The summed E-state index contributed by atoms with van der Waals surface area (Å²) in [6.45, 7) is 6.99. The Morgan fingerprint density at radius 3 is 2.53 bits per heavy atom. The van der Waals surface area contributed by atoms with Crippen LogP contribution in [0.2, 0.25) is 0 Å². The molecular formula is C13H22O2. The Bertz CT molecular complexity index is 280. The summed E-state index contributed by atoms with van der Waals surface area (Å²) in [6.07, 6.45) is 5.33. The Balaban J connectivity index is 2.19. The third-order valence-corrected chi connectivity index (χ3v) is 4.71. The van der Waals surface area contributed by atoms with E-state index in [4.69, 9.17) is 5.11 Å². The predicted molar refractivity (Wildman–Crippen MR) is 59.6 cm³/mol. The first-order valence-corrected chi connectivity index (χ1v) is 6.04. The van der Waals surface area contributed by atoms with E-state index in [1.807, 2.05) is 0 Å². The topological polar surface area (TPSA) is 37.3 Å². The van der Waals surface area contributed by atoms with Gasteiger partial charge in [-0.25, -0.2) is 0 Å². The van der Waals surface area contributed by atoms with Gasteiger partial charge >= 0.3 is 5.97 Å². The molecule has 0 aromatic heterocycles. The summed E-state index contributed by atoms with van der Waals surface area (Å²) in [4.78, 5) is 10.9. The highest BCUT2D eigenvalue weighted by molar-refractivity contribution is 5.67. The molecule has 2 heteroatoms.